The van der Waals surface area contributed by atoms with Gasteiger partial charge in [-0.15, -0.1) is 0 Å². The van der Waals surface area contributed by atoms with E-state index in [1.165, 1.54) is 12.1 Å². The molecule has 2 aromatic carbocycles. The van der Waals surface area contributed by atoms with E-state index in [0.29, 0.717) is 18.5 Å². The van der Waals surface area contributed by atoms with Gasteiger partial charge in [0.1, 0.15) is 0 Å². The summed E-state index contributed by atoms with van der Waals surface area (Å²) in [5, 5.41) is 2.70. The van der Waals surface area contributed by atoms with Crippen molar-refractivity contribution < 1.29 is 18.3 Å². The number of carbonyl (C=O) groups excluding carboxylic acids is 1. The smallest absolute Gasteiger partial charge is 0.224 e. The van der Waals surface area contributed by atoms with Crippen LogP contribution in [0.3, 0.4) is 0 Å². The number of anilines is 2. The molecular weight excluding hydrogens is 278 g/mol. The van der Waals surface area contributed by atoms with Gasteiger partial charge in [0.15, 0.2) is 17.3 Å². The zero-order valence-electron chi connectivity index (χ0n) is 11.0. The SMILES string of the molecule is Nc1cc2c(cc1Oc1cccc(F)c1F)CCC(=O)N2. The van der Waals surface area contributed by atoms with Gasteiger partial charge in [-0.1, -0.05) is 6.07 Å². The van der Waals surface area contributed by atoms with Crippen LogP contribution in [0.5, 0.6) is 11.5 Å². The van der Waals surface area contributed by atoms with Gasteiger partial charge in [-0.2, -0.15) is 4.39 Å². The Kier molecular flexibility index (Phi) is 3.21. The molecule has 1 aliphatic heterocycles. The molecular formula is C15H12F2N2O2. The Bertz CT molecular complexity index is 732. The largest absolute Gasteiger partial charge is 0.452 e. The molecule has 0 spiro atoms. The monoisotopic (exact) mass is 290 g/mol. The Morgan fingerprint density at radius 2 is 1.95 bits per heavy atom. The van der Waals surface area contributed by atoms with Crippen LogP contribution in [0.1, 0.15) is 12.0 Å². The van der Waals surface area contributed by atoms with E-state index in [4.69, 9.17) is 10.5 Å². The molecule has 0 atom stereocenters. The molecule has 1 aliphatic rings. The predicted octanol–water partition coefficient (Wildman–Crippen LogP) is 3.22. The van der Waals surface area contributed by atoms with Crippen molar-refractivity contribution in [2.24, 2.45) is 0 Å². The molecule has 4 nitrogen and oxygen atoms in total. The number of fused-ring (bicyclic) bond motifs is 1. The number of ether oxygens (including phenoxy) is 1. The molecule has 6 heteroatoms. The predicted molar refractivity (Wildman–Crippen MR) is 74.2 cm³/mol. The summed E-state index contributed by atoms with van der Waals surface area (Å²) in [4.78, 5) is 11.3. The van der Waals surface area contributed by atoms with Gasteiger partial charge in [0.25, 0.3) is 0 Å². The molecule has 0 radical (unpaired) electrons. The molecule has 0 aromatic heterocycles. The third-order valence-electron chi connectivity index (χ3n) is 3.27. The summed E-state index contributed by atoms with van der Waals surface area (Å²) in [6, 6.07) is 6.86. The molecule has 0 saturated heterocycles. The third kappa shape index (κ3) is 2.52. The molecule has 21 heavy (non-hydrogen) atoms. The molecule has 1 heterocycles. The summed E-state index contributed by atoms with van der Waals surface area (Å²) >= 11 is 0. The van der Waals surface area contributed by atoms with Gasteiger partial charge in [0.2, 0.25) is 11.7 Å². The van der Waals surface area contributed by atoms with Gasteiger partial charge >= 0.3 is 0 Å². The van der Waals surface area contributed by atoms with E-state index in [1.807, 2.05) is 0 Å². The summed E-state index contributed by atoms with van der Waals surface area (Å²) < 4.78 is 32.1. The zero-order valence-corrected chi connectivity index (χ0v) is 11.0. The van der Waals surface area contributed by atoms with Crippen LogP contribution in [0.4, 0.5) is 20.2 Å². The number of amides is 1. The van der Waals surface area contributed by atoms with Crippen LogP contribution in [-0.4, -0.2) is 5.91 Å². The minimum Gasteiger partial charge on any atom is -0.452 e. The molecule has 1 amide bonds. The van der Waals surface area contributed by atoms with Crippen molar-refractivity contribution in [2.75, 3.05) is 11.1 Å². The molecule has 3 rings (SSSR count). The van der Waals surface area contributed by atoms with Crippen molar-refractivity contribution >= 4 is 17.3 Å². The first kappa shape index (κ1) is 13.4. The minimum atomic E-state index is -1.07. The van der Waals surface area contributed by atoms with Crippen LogP contribution in [0, 0.1) is 11.6 Å². The van der Waals surface area contributed by atoms with Crippen molar-refractivity contribution in [3.8, 4) is 11.5 Å². The van der Waals surface area contributed by atoms with E-state index in [9.17, 15) is 13.6 Å². The minimum absolute atomic E-state index is 0.0771. The van der Waals surface area contributed by atoms with Gasteiger partial charge < -0.3 is 15.8 Å². The first-order chi connectivity index (χ1) is 10.0. The van der Waals surface area contributed by atoms with Crippen LogP contribution in [0.25, 0.3) is 0 Å². The number of nitrogen functional groups attached to an aromatic ring is 1. The van der Waals surface area contributed by atoms with E-state index in [2.05, 4.69) is 5.32 Å². The van der Waals surface area contributed by atoms with Crippen LogP contribution < -0.4 is 15.8 Å². The molecule has 108 valence electrons. The van der Waals surface area contributed by atoms with E-state index in [0.717, 1.165) is 11.6 Å². The molecule has 0 unspecified atom stereocenters. The normalized spacial score (nSPS) is 13.5. The third-order valence-corrected chi connectivity index (χ3v) is 3.27. The molecule has 0 fully saturated rings. The van der Waals surface area contributed by atoms with E-state index >= 15 is 0 Å². The Balaban J connectivity index is 1.96. The molecule has 2 aromatic rings. The second-order valence-electron chi connectivity index (χ2n) is 4.75. The van der Waals surface area contributed by atoms with Gasteiger partial charge in [0.05, 0.1) is 5.69 Å². The molecule has 0 bridgehead atoms. The van der Waals surface area contributed by atoms with E-state index in [1.54, 1.807) is 12.1 Å². The fraction of sp³-hybridized carbons (Fsp3) is 0.133. The van der Waals surface area contributed by atoms with Crippen molar-refractivity contribution in [1.82, 2.24) is 0 Å². The maximum Gasteiger partial charge on any atom is 0.224 e. The van der Waals surface area contributed by atoms with Gasteiger partial charge in [-0.3, -0.25) is 4.79 Å². The van der Waals surface area contributed by atoms with Gasteiger partial charge in [-0.05, 0) is 36.2 Å². The second-order valence-corrected chi connectivity index (χ2v) is 4.75. The lowest BCUT2D eigenvalue weighted by molar-refractivity contribution is -0.116. The Morgan fingerprint density at radius 1 is 1.14 bits per heavy atom. The highest BCUT2D eigenvalue weighted by molar-refractivity contribution is 5.94. The summed E-state index contributed by atoms with van der Waals surface area (Å²) in [6.07, 6.45) is 0.911. The highest BCUT2D eigenvalue weighted by Gasteiger charge is 2.18. The highest BCUT2D eigenvalue weighted by Crippen LogP contribution is 2.36. The topological polar surface area (TPSA) is 64.3 Å². The molecule has 3 N–H and O–H groups in total. The first-order valence-electron chi connectivity index (χ1n) is 6.38. The number of benzene rings is 2. The number of halogens is 2. The van der Waals surface area contributed by atoms with Crippen molar-refractivity contribution in [3.63, 3.8) is 0 Å². The zero-order chi connectivity index (χ0) is 15.0. The van der Waals surface area contributed by atoms with Crippen molar-refractivity contribution in [3.05, 3.63) is 47.5 Å². The number of nitrogens with one attached hydrogen (secondary N) is 1. The molecule has 0 saturated carbocycles. The number of carbonyl (C=O) groups is 1. The number of aryl methyl sites for hydroxylation is 1. The van der Waals surface area contributed by atoms with Gasteiger partial charge in [-0.25, -0.2) is 4.39 Å². The second kappa shape index (κ2) is 5.05. The summed E-state index contributed by atoms with van der Waals surface area (Å²) in [5.41, 5.74) is 7.53. The van der Waals surface area contributed by atoms with Crippen LogP contribution in [0.2, 0.25) is 0 Å². The summed E-state index contributed by atoms with van der Waals surface area (Å²) in [7, 11) is 0. The van der Waals surface area contributed by atoms with Crippen LogP contribution in [0.15, 0.2) is 30.3 Å². The maximum atomic E-state index is 13.6. The Labute approximate surface area is 119 Å². The average molecular weight is 290 g/mol. The Hall–Kier alpha value is -2.63. The average Bonchev–Trinajstić information content (AvgIpc) is 2.45. The number of nitrogens with two attached hydrogens (primary N) is 1. The lowest BCUT2D eigenvalue weighted by Crippen LogP contribution is -2.19. The first-order valence-corrected chi connectivity index (χ1v) is 6.38. The van der Waals surface area contributed by atoms with Crippen LogP contribution >= 0.6 is 0 Å². The quantitative estimate of drug-likeness (QED) is 0.835. The van der Waals surface area contributed by atoms with Gasteiger partial charge in [0, 0.05) is 12.1 Å². The van der Waals surface area contributed by atoms with Crippen LogP contribution in [-0.2, 0) is 11.2 Å². The maximum absolute atomic E-state index is 13.6. The summed E-state index contributed by atoms with van der Waals surface area (Å²) in [5.74, 6) is -2.14. The lowest BCUT2D eigenvalue weighted by atomic mass is 10.0. The van der Waals surface area contributed by atoms with E-state index < -0.39 is 11.6 Å². The number of hydrogen-bond donors (Lipinski definition) is 2. The lowest BCUT2D eigenvalue weighted by Gasteiger charge is -2.19. The van der Waals surface area contributed by atoms with Crippen molar-refractivity contribution in [2.45, 2.75) is 12.8 Å². The highest BCUT2D eigenvalue weighted by atomic mass is 19.2. The number of rotatable bonds is 2. The summed E-state index contributed by atoms with van der Waals surface area (Å²) in [6.45, 7) is 0. The van der Waals surface area contributed by atoms with E-state index in [-0.39, 0.29) is 23.1 Å². The fourth-order valence-electron chi connectivity index (χ4n) is 2.19. The fourth-order valence-corrected chi connectivity index (χ4v) is 2.19. The molecule has 0 aliphatic carbocycles. The standard InChI is InChI=1S/C15H12F2N2O2/c16-9-2-1-3-12(15(9)17)21-13-6-8-4-5-14(20)19-11(8)7-10(13)18/h1-3,6-7H,4-5,18H2,(H,19,20). The van der Waals surface area contributed by atoms with Crippen molar-refractivity contribution in [1.29, 1.82) is 0 Å². The Morgan fingerprint density at radius 3 is 2.76 bits per heavy atom. The number of hydrogen-bond acceptors (Lipinski definition) is 3.